The third-order valence-corrected chi connectivity index (χ3v) is 4.30. The fraction of sp³-hybridized carbons (Fsp3) is 0.350. The van der Waals surface area contributed by atoms with Crippen LogP contribution in [0.5, 0.6) is 5.75 Å². The summed E-state index contributed by atoms with van der Waals surface area (Å²) in [4.78, 5) is 12.3. The molecule has 1 N–H and O–H groups in total. The van der Waals surface area contributed by atoms with Gasteiger partial charge in [-0.2, -0.15) is 0 Å². The summed E-state index contributed by atoms with van der Waals surface area (Å²) in [6.45, 7) is 6.62. The Morgan fingerprint density at radius 2 is 1.83 bits per heavy atom. The van der Waals surface area contributed by atoms with Crippen LogP contribution in [-0.2, 0) is 11.2 Å². The highest BCUT2D eigenvalue weighted by Crippen LogP contribution is 2.18. The molecule has 4 heteroatoms. The third kappa shape index (κ3) is 5.27. The highest BCUT2D eigenvalue weighted by atomic mass is 35.5. The van der Waals surface area contributed by atoms with Crippen molar-refractivity contribution in [2.24, 2.45) is 0 Å². The van der Waals surface area contributed by atoms with E-state index in [1.54, 1.807) is 0 Å². The van der Waals surface area contributed by atoms with Crippen molar-refractivity contribution in [1.82, 2.24) is 5.32 Å². The van der Waals surface area contributed by atoms with Gasteiger partial charge in [0.15, 0.2) is 6.10 Å². The molecule has 0 radical (unpaired) electrons. The average molecular weight is 346 g/mol. The van der Waals surface area contributed by atoms with Crippen molar-refractivity contribution in [3.63, 3.8) is 0 Å². The lowest BCUT2D eigenvalue weighted by Crippen LogP contribution is -2.38. The van der Waals surface area contributed by atoms with E-state index in [0.717, 1.165) is 28.3 Å². The number of nitrogens with one attached hydrogen (secondary N) is 1. The second kappa shape index (κ2) is 8.74. The fourth-order valence-electron chi connectivity index (χ4n) is 2.37. The van der Waals surface area contributed by atoms with Crippen LogP contribution in [0.2, 0.25) is 5.02 Å². The standard InChI is InChI=1S/C20H24ClNO2/c1-4-19(24-18-10-5-14(2)15(3)13-18)20(23)22-12-11-16-6-8-17(21)9-7-16/h5-10,13,19H,4,11-12H2,1-3H3,(H,22,23). The summed E-state index contributed by atoms with van der Waals surface area (Å²) in [5, 5.41) is 3.66. The Balaban J connectivity index is 1.86. The Morgan fingerprint density at radius 3 is 2.46 bits per heavy atom. The molecule has 0 saturated heterocycles. The summed E-state index contributed by atoms with van der Waals surface area (Å²) in [6.07, 6.45) is 0.917. The first kappa shape index (κ1) is 18.3. The predicted octanol–water partition coefficient (Wildman–Crippen LogP) is 4.47. The molecule has 0 fully saturated rings. The van der Waals surface area contributed by atoms with Crippen LogP contribution < -0.4 is 10.1 Å². The lowest BCUT2D eigenvalue weighted by molar-refractivity contribution is -0.128. The number of rotatable bonds is 7. The van der Waals surface area contributed by atoms with Crippen molar-refractivity contribution in [2.45, 2.75) is 39.7 Å². The number of ether oxygens (including phenoxy) is 1. The molecule has 3 nitrogen and oxygen atoms in total. The monoisotopic (exact) mass is 345 g/mol. The van der Waals surface area contributed by atoms with Crippen molar-refractivity contribution in [1.29, 1.82) is 0 Å². The van der Waals surface area contributed by atoms with E-state index in [-0.39, 0.29) is 5.91 Å². The smallest absolute Gasteiger partial charge is 0.261 e. The normalized spacial score (nSPS) is 11.8. The van der Waals surface area contributed by atoms with Crippen molar-refractivity contribution in [2.75, 3.05) is 6.54 Å². The number of hydrogen-bond donors (Lipinski definition) is 1. The van der Waals surface area contributed by atoms with E-state index in [1.807, 2.05) is 56.3 Å². The molecule has 0 aliphatic heterocycles. The number of benzene rings is 2. The molecule has 0 saturated carbocycles. The largest absolute Gasteiger partial charge is 0.481 e. The highest BCUT2D eigenvalue weighted by Gasteiger charge is 2.18. The molecular formula is C20H24ClNO2. The lowest BCUT2D eigenvalue weighted by Gasteiger charge is -2.18. The van der Waals surface area contributed by atoms with Crippen molar-refractivity contribution < 1.29 is 9.53 Å². The minimum Gasteiger partial charge on any atom is -0.481 e. The van der Waals surface area contributed by atoms with Crippen LogP contribution in [0.3, 0.4) is 0 Å². The summed E-state index contributed by atoms with van der Waals surface area (Å²) in [5.41, 5.74) is 3.51. The van der Waals surface area contributed by atoms with Crippen LogP contribution in [-0.4, -0.2) is 18.6 Å². The zero-order valence-electron chi connectivity index (χ0n) is 14.4. The minimum absolute atomic E-state index is 0.0790. The van der Waals surface area contributed by atoms with Crippen LogP contribution in [0, 0.1) is 13.8 Å². The molecule has 2 rings (SSSR count). The lowest BCUT2D eigenvalue weighted by atomic mass is 10.1. The summed E-state index contributed by atoms with van der Waals surface area (Å²) >= 11 is 5.87. The fourth-order valence-corrected chi connectivity index (χ4v) is 2.49. The predicted molar refractivity (Wildman–Crippen MR) is 98.8 cm³/mol. The van der Waals surface area contributed by atoms with Gasteiger partial charge in [-0.1, -0.05) is 36.7 Å². The van der Waals surface area contributed by atoms with E-state index in [1.165, 1.54) is 5.56 Å². The maximum atomic E-state index is 12.3. The molecule has 128 valence electrons. The number of carbonyl (C=O) groups is 1. The number of halogens is 1. The number of hydrogen-bond acceptors (Lipinski definition) is 2. The van der Waals surface area contributed by atoms with Crippen LogP contribution in [0.1, 0.15) is 30.0 Å². The van der Waals surface area contributed by atoms with Crippen LogP contribution in [0.4, 0.5) is 0 Å². The van der Waals surface area contributed by atoms with E-state index in [9.17, 15) is 4.79 Å². The molecule has 0 aromatic heterocycles. The average Bonchev–Trinajstić information content (AvgIpc) is 2.57. The summed E-state index contributed by atoms with van der Waals surface area (Å²) in [5.74, 6) is 0.655. The summed E-state index contributed by atoms with van der Waals surface area (Å²) < 4.78 is 5.85. The van der Waals surface area contributed by atoms with Crippen LogP contribution >= 0.6 is 11.6 Å². The van der Waals surface area contributed by atoms with Crippen molar-refractivity contribution in [3.8, 4) is 5.75 Å². The van der Waals surface area contributed by atoms with Crippen LogP contribution in [0.25, 0.3) is 0 Å². The third-order valence-electron chi connectivity index (χ3n) is 4.05. The molecule has 2 aromatic rings. The molecule has 1 amide bonds. The first-order chi connectivity index (χ1) is 11.5. The van der Waals surface area contributed by atoms with Gasteiger partial charge in [0, 0.05) is 11.6 Å². The van der Waals surface area contributed by atoms with Gasteiger partial charge < -0.3 is 10.1 Å². The highest BCUT2D eigenvalue weighted by molar-refractivity contribution is 6.30. The summed E-state index contributed by atoms with van der Waals surface area (Å²) in [7, 11) is 0. The Kier molecular flexibility index (Phi) is 6.68. The second-order valence-electron chi connectivity index (χ2n) is 5.93. The van der Waals surface area contributed by atoms with Crippen molar-refractivity contribution in [3.05, 3.63) is 64.2 Å². The molecule has 0 aliphatic carbocycles. The molecule has 0 heterocycles. The van der Waals surface area contributed by atoms with Crippen LogP contribution in [0.15, 0.2) is 42.5 Å². The zero-order chi connectivity index (χ0) is 17.5. The van der Waals surface area contributed by atoms with Gasteiger partial charge in [-0.25, -0.2) is 0 Å². The molecule has 1 unspecified atom stereocenters. The van der Waals surface area contributed by atoms with Gasteiger partial charge in [-0.05, 0) is 67.6 Å². The van der Waals surface area contributed by atoms with Gasteiger partial charge >= 0.3 is 0 Å². The van der Waals surface area contributed by atoms with Crippen molar-refractivity contribution >= 4 is 17.5 Å². The molecule has 2 aromatic carbocycles. The summed E-state index contributed by atoms with van der Waals surface area (Å²) in [6, 6.07) is 13.5. The van der Waals surface area contributed by atoms with Gasteiger partial charge in [0.05, 0.1) is 0 Å². The number of amides is 1. The molecule has 0 spiro atoms. The number of aryl methyl sites for hydroxylation is 2. The first-order valence-corrected chi connectivity index (χ1v) is 8.63. The van der Waals surface area contributed by atoms with E-state index in [4.69, 9.17) is 16.3 Å². The maximum absolute atomic E-state index is 12.3. The Hall–Kier alpha value is -2.00. The van der Waals surface area contributed by atoms with E-state index < -0.39 is 6.10 Å². The van der Waals surface area contributed by atoms with Gasteiger partial charge in [-0.15, -0.1) is 0 Å². The van der Waals surface area contributed by atoms with E-state index in [2.05, 4.69) is 12.2 Å². The Morgan fingerprint density at radius 1 is 1.12 bits per heavy atom. The van der Waals surface area contributed by atoms with Gasteiger partial charge in [-0.3, -0.25) is 4.79 Å². The van der Waals surface area contributed by atoms with E-state index in [0.29, 0.717) is 13.0 Å². The second-order valence-corrected chi connectivity index (χ2v) is 6.36. The molecular weight excluding hydrogens is 322 g/mol. The molecule has 24 heavy (non-hydrogen) atoms. The number of carbonyl (C=O) groups excluding carboxylic acids is 1. The van der Waals surface area contributed by atoms with Gasteiger partial charge in [0.1, 0.15) is 5.75 Å². The Labute approximate surface area is 149 Å². The topological polar surface area (TPSA) is 38.3 Å². The first-order valence-electron chi connectivity index (χ1n) is 8.25. The molecule has 1 atom stereocenters. The Bertz CT molecular complexity index is 683. The van der Waals surface area contributed by atoms with Gasteiger partial charge in [0.25, 0.3) is 5.91 Å². The zero-order valence-corrected chi connectivity index (χ0v) is 15.2. The quantitative estimate of drug-likeness (QED) is 0.803. The minimum atomic E-state index is -0.475. The van der Waals surface area contributed by atoms with Gasteiger partial charge in [0.2, 0.25) is 0 Å². The van der Waals surface area contributed by atoms with E-state index >= 15 is 0 Å². The molecule has 0 bridgehead atoms. The SMILES string of the molecule is CCC(Oc1ccc(C)c(C)c1)C(=O)NCCc1ccc(Cl)cc1. The molecule has 0 aliphatic rings. The maximum Gasteiger partial charge on any atom is 0.261 e.